The molecule has 150 valence electrons. The molecule has 5 nitrogen and oxygen atoms in total. The number of halogens is 1. The number of nitrogens with zero attached hydrogens (tertiary/aromatic N) is 1. The minimum Gasteiger partial charge on any atom is -0.504 e. The van der Waals surface area contributed by atoms with Gasteiger partial charge in [0.05, 0.1) is 13.2 Å². The second-order valence-electron chi connectivity index (χ2n) is 6.64. The maximum atomic E-state index is 9.81. The van der Waals surface area contributed by atoms with E-state index in [2.05, 4.69) is 53.9 Å². The van der Waals surface area contributed by atoms with E-state index in [1.165, 1.54) is 4.88 Å². The van der Waals surface area contributed by atoms with Gasteiger partial charge in [-0.1, -0.05) is 26.0 Å². The van der Waals surface area contributed by atoms with Gasteiger partial charge in [0.2, 0.25) is 0 Å². The van der Waals surface area contributed by atoms with Gasteiger partial charge in [0.15, 0.2) is 17.5 Å². The molecule has 1 aromatic carbocycles. The molecule has 0 unspecified atom stereocenters. The van der Waals surface area contributed by atoms with Crippen LogP contribution in [0.5, 0.6) is 11.5 Å². The number of hydrogen-bond donors (Lipinski definition) is 3. The molecule has 0 spiro atoms. The van der Waals surface area contributed by atoms with E-state index < -0.39 is 0 Å². The minimum atomic E-state index is 0. The molecule has 2 aromatic rings. The Morgan fingerprint density at radius 3 is 2.63 bits per heavy atom. The molecule has 0 amide bonds. The highest BCUT2D eigenvalue weighted by molar-refractivity contribution is 14.0. The number of rotatable bonds is 8. The standard InChI is InChI=1S/C20H29N3O2S.HI/c1-5-21-19(23-14-20(3,4)18-8-7-11-26-18)22-13-15-9-10-16(24)17(12-15)25-6-2;/h7-12,24H,5-6,13-14H2,1-4H3,(H2,21,22,23);1H. The van der Waals surface area contributed by atoms with E-state index in [4.69, 9.17) is 4.74 Å². The molecule has 3 N–H and O–H groups in total. The Morgan fingerprint density at radius 1 is 1.22 bits per heavy atom. The molecule has 0 aliphatic heterocycles. The lowest BCUT2D eigenvalue weighted by Gasteiger charge is -2.25. The molecule has 7 heteroatoms. The van der Waals surface area contributed by atoms with Crippen LogP contribution in [0.15, 0.2) is 40.7 Å². The third-order valence-corrected chi connectivity index (χ3v) is 5.21. The van der Waals surface area contributed by atoms with Gasteiger partial charge in [-0.15, -0.1) is 35.3 Å². The van der Waals surface area contributed by atoms with Crippen LogP contribution in [0.25, 0.3) is 0 Å². The van der Waals surface area contributed by atoms with Crippen LogP contribution in [0.1, 0.15) is 38.1 Å². The van der Waals surface area contributed by atoms with Gasteiger partial charge in [-0.25, -0.2) is 4.99 Å². The SMILES string of the molecule is CCNC(=NCc1ccc(O)c(OCC)c1)NCC(C)(C)c1cccs1.I. The fraction of sp³-hybridized carbons (Fsp3) is 0.450. The van der Waals surface area contributed by atoms with Crippen molar-refractivity contribution in [2.24, 2.45) is 4.99 Å². The largest absolute Gasteiger partial charge is 0.504 e. The van der Waals surface area contributed by atoms with Crippen molar-refractivity contribution in [1.82, 2.24) is 10.6 Å². The molecule has 0 saturated heterocycles. The lowest BCUT2D eigenvalue weighted by atomic mass is 9.91. The van der Waals surface area contributed by atoms with Crippen molar-refractivity contribution in [3.63, 3.8) is 0 Å². The highest BCUT2D eigenvalue weighted by Gasteiger charge is 2.21. The van der Waals surface area contributed by atoms with E-state index in [0.717, 1.165) is 24.6 Å². The molecule has 0 aliphatic rings. The fourth-order valence-electron chi connectivity index (χ4n) is 2.50. The third-order valence-electron chi connectivity index (χ3n) is 3.97. The first kappa shape index (κ1) is 23.6. The van der Waals surface area contributed by atoms with Crippen LogP contribution in [-0.2, 0) is 12.0 Å². The van der Waals surface area contributed by atoms with E-state index in [1.807, 2.05) is 19.1 Å². The molecule has 0 atom stereocenters. The second kappa shape index (κ2) is 11.4. The first-order chi connectivity index (χ1) is 12.5. The predicted molar refractivity (Wildman–Crippen MR) is 125 cm³/mol. The molecule has 1 heterocycles. The number of aromatic hydroxyl groups is 1. The van der Waals surface area contributed by atoms with Crippen molar-refractivity contribution in [2.75, 3.05) is 19.7 Å². The van der Waals surface area contributed by atoms with E-state index >= 15 is 0 Å². The Labute approximate surface area is 183 Å². The molecular weight excluding hydrogens is 473 g/mol. The zero-order chi connectivity index (χ0) is 19.0. The van der Waals surface area contributed by atoms with Crippen molar-refractivity contribution in [3.8, 4) is 11.5 Å². The molecule has 0 fully saturated rings. The number of nitrogens with one attached hydrogen (secondary N) is 2. The summed E-state index contributed by atoms with van der Waals surface area (Å²) in [7, 11) is 0. The molecule has 0 aliphatic carbocycles. The van der Waals surface area contributed by atoms with E-state index in [0.29, 0.717) is 18.9 Å². The summed E-state index contributed by atoms with van der Waals surface area (Å²) in [5.41, 5.74) is 1.02. The Bertz CT molecular complexity index is 718. The molecular formula is C20H30IN3O2S. The highest BCUT2D eigenvalue weighted by Crippen LogP contribution is 2.27. The Balaban J connectivity index is 0.00000364. The minimum absolute atomic E-state index is 0. The lowest BCUT2D eigenvalue weighted by molar-refractivity contribution is 0.318. The summed E-state index contributed by atoms with van der Waals surface area (Å²) in [4.78, 5) is 6.01. The van der Waals surface area contributed by atoms with Gasteiger partial charge >= 0.3 is 0 Å². The number of hydrogen-bond acceptors (Lipinski definition) is 4. The van der Waals surface area contributed by atoms with Crippen LogP contribution in [-0.4, -0.2) is 30.8 Å². The maximum absolute atomic E-state index is 9.81. The second-order valence-corrected chi connectivity index (χ2v) is 7.59. The monoisotopic (exact) mass is 503 g/mol. The number of phenols is 1. The van der Waals surface area contributed by atoms with Gasteiger partial charge in [0.25, 0.3) is 0 Å². The summed E-state index contributed by atoms with van der Waals surface area (Å²) in [5, 5.41) is 18.6. The first-order valence-electron chi connectivity index (χ1n) is 8.97. The Hall–Kier alpha value is -1.48. The lowest BCUT2D eigenvalue weighted by Crippen LogP contribution is -2.43. The summed E-state index contributed by atoms with van der Waals surface area (Å²) in [5.74, 6) is 1.43. The highest BCUT2D eigenvalue weighted by atomic mass is 127. The van der Waals surface area contributed by atoms with E-state index in [9.17, 15) is 5.11 Å². The smallest absolute Gasteiger partial charge is 0.191 e. The van der Waals surface area contributed by atoms with Crippen molar-refractivity contribution in [2.45, 2.75) is 39.7 Å². The number of ether oxygens (including phenoxy) is 1. The van der Waals surface area contributed by atoms with Crippen LogP contribution in [0.2, 0.25) is 0 Å². The molecule has 0 saturated carbocycles. The van der Waals surface area contributed by atoms with Gasteiger partial charge in [-0.05, 0) is 43.0 Å². The average Bonchev–Trinajstić information content (AvgIpc) is 3.16. The summed E-state index contributed by atoms with van der Waals surface area (Å²) in [6.07, 6.45) is 0. The zero-order valence-electron chi connectivity index (χ0n) is 16.4. The van der Waals surface area contributed by atoms with E-state index in [1.54, 1.807) is 17.4 Å². The Morgan fingerprint density at radius 2 is 2.00 bits per heavy atom. The van der Waals surface area contributed by atoms with Gasteiger partial charge in [0.1, 0.15) is 0 Å². The molecule has 2 rings (SSSR count). The maximum Gasteiger partial charge on any atom is 0.191 e. The van der Waals surface area contributed by atoms with Crippen LogP contribution < -0.4 is 15.4 Å². The fourth-order valence-corrected chi connectivity index (χ4v) is 3.35. The number of aliphatic imine (C=N–C) groups is 1. The average molecular weight is 503 g/mol. The topological polar surface area (TPSA) is 65.9 Å². The third kappa shape index (κ3) is 7.21. The molecule has 0 bridgehead atoms. The number of benzene rings is 1. The van der Waals surface area contributed by atoms with Gasteiger partial charge in [0, 0.05) is 23.4 Å². The van der Waals surface area contributed by atoms with Gasteiger partial charge in [-0.2, -0.15) is 0 Å². The molecule has 27 heavy (non-hydrogen) atoms. The van der Waals surface area contributed by atoms with Gasteiger partial charge in [-0.3, -0.25) is 0 Å². The first-order valence-corrected chi connectivity index (χ1v) is 9.85. The van der Waals surface area contributed by atoms with Crippen molar-refractivity contribution in [3.05, 3.63) is 46.2 Å². The van der Waals surface area contributed by atoms with Crippen molar-refractivity contribution >= 4 is 41.3 Å². The van der Waals surface area contributed by atoms with E-state index in [-0.39, 0.29) is 35.1 Å². The quantitative estimate of drug-likeness (QED) is 0.282. The van der Waals surface area contributed by atoms with Crippen LogP contribution in [0.4, 0.5) is 0 Å². The predicted octanol–water partition coefficient (Wildman–Crippen LogP) is 4.50. The van der Waals surface area contributed by atoms with Gasteiger partial charge < -0.3 is 20.5 Å². The molecule has 0 radical (unpaired) electrons. The summed E-state index contributed by atoms with van der Waals surface area (Å²) < 4.78 is 5.44. The summed E-state index contributed by atoms with van der Waals surface area (Å²) >= 11 is 1.77. The van der Waals surface area contributed by atoms with Crippen LogP contribution in [0.3, 0.4) is 0 Å². The number of thiophene rings is 1. The van der Waals surface area contributed by atoms with Crippen LogP contribution >= 0.6 is 35.3 Å². The summed E-state index contributed by atoms with van der Waals surface area (Å²) in [6, 6.07) is 9.60. The van der Waals surface area contributed by atoms with Crippen molar-refractivity contribution < 1.29 is 9.84 Å². The normalized spacial score (nSPS) is 11.6. The summed E-state index contributed by atoms with van der Waals surface area (Å²) in [6.45, 7) is 11.0. The zero-order valence-corrected chi connectivity index (χ0v) is 19.6. The molecule has 1 aromatic heterocycles. The Kier molecular flexibility index (Phi) is 9.93. The van der Waals surface area contributed by atoms with Crippen LogP contribution in [0, 0.1) is 0 Å². The number of phenolic OH excluding ortho intramolecular Hbond substituents is 1. The number of guanidine groups is 1. The van der Waals surface area contributed by atoms with Crippen molar-refractivity contribution in [1.29, 1.82) is 0 Å².